The van der Waals surface area contributed by atoms with Gasteiger partial charge in [-0.15, -0.1) is 6.58 Å². The molecule has 0 spiro atoms. The molecule has 0 radical (unpaired) electrons. The topological polar surface area (TPSA) is 66.2 Å². The monoisotopic (exact) mass is 363 g/mol. The zero-order chi connectivity index (χ0) is 19.3. The summed E-state index contributed by atoms with van der Waals surface area (Å²) >= 11 is 0. The van der Waals surface area contributed by atoms with Gasteiger partial charge in [-0.3, -0.25) is 18.3 Å². The molecule has 4 aromatic rings. The third kappa shape index (κ3) is 2.38. The van der Waals surface area contributed by atoms with Crippen LogP contribution in [-0.2, 0) is 13.6 Å². The second-order valence-electron chi connectivity index (χ2n) is 6.73. The van der Waals surface area contributed by atoms with Crippen LogP contribution in [0.5, 0.6) is 0 Å². The Bertz CT molecular complexity index is 1290. The maximum absolute atomic E-state index is 13.0. The lowest BCUT2D eigenvalue weighted by molar-refractivity contribution is 0.638. The van der Waals surface area contributed by atoms with Crippen LogP contribution in [0.15, 0.2) is 58.8 Å². The summed E-state index contributed by atoms with van der Waals surface area (Å²) in [4.78, 5) is 30.1. The van der Waals surface area contributed by atoms with Crippen molar-refractivity contribution in [2.24, 2.45) is 7.05 Å². The fraction of sp³-hybridized carbons (Fsp3) is 0.250. The maximum Gasteiger partial charge on any atom is 0.332 e. The average Bonchev–Trinajstić information content (AvgIpc) is 3.18. The van der Waals surface area contributed by atoms with E-state index in [1.54, 1.807) is 17.5 Å². The Labute approximate surface area is 155 Å². The van der Waals surface area contributed by atoms with E-state index in [9.17, 15) is 9.59 Å². The molecule has 7 nitrogen and oxygen atoms in total. The fourth-order valence-corrected chi connectivity index (χ4v) is 3.68. The average molecular weight is 363 g/mol. The fourth-order valence-electron chi connectivity index (χ4n) is 3.68. The van der Waals surface area contributed by atoms with E-state index in [2.05, 4.69) is 35.2 Å². The number of aromatic nitrogens is 5. The Morgan fingerprint density at radius 3 is 2.59 bits per heavy atom. The molecule has 0 amide bonds. The molecular formula is C20H21N5O2. The van der Waals surface area contributed by atoms with Gasteiger partial charge >= 0.3 is 5.69 Å². The molecular weight excluding hydrogens is 342 g/mol. The van der Waals surface area contributed by atoms with E-state index in [1.807, 2.05) is 31.3 Å². The first-order valence-electron chi connectivity index (χ1n) is 8.81. The third-order valence-corrected chi connectivity index (χ3v) is 5.05. The molecule has 138 valence electrons. The molecule has 1 unspecified atom stereocenters. The maximum atomic E-state index is 13.0. The van der Waals surface area contributed by atoms with E-state index in [4.69, 9.17) is 0 Å². The minimum absolute atomic E-state index is 0.0351. The Morgan fingerprint density at radius 2 is 1.93 bits per heavy atom. The zero-order valence-corrected chi connectivity index (χ0v) is 15.6. The molecule has 1 aromatic carbocycles. The first-order valence-corrected chi connectivity index (χ1v) is 8.81. The van der Waals surface area contributed by atoms with Crippen molar-refractivity contribution >= 4 is 16.9 Å². The summed E-state index contributed by atoms with van der Waals surface area (Å²) in [5.74, 6) is 0.641. The van der Waals surface area contributed by atoms with Crippen LogP contribution in [0.2, 0.25) is 0 Å². The number of allylic oxidation sites excluding steroid dienone is 1. The highest BCUT2D eigenvalue weighted by atomic mass is 16.2. The van der Waals surface area contributed by atoms with Gasteiger partial charge in [0, 0.05) is 25.5 Å². The molecule has 4 rings (SSSR count). The SMILES string of the molecule is C=CCn1c(=O)c2c(nc3n(C(C)c4ccccc4)c(C)cn23)n(C)c1=O. The van der Waals surface area contributed by atoms with E-state index >= 15 is 0 Å². The van der Waals surface area contributed by atoms with Crippen molar-refractivity contribution in [2.75, 3.05) is 0 Å². The van der Waals surface area contributed by atoms with Crippen LogP contribution in [0, 0.1) is 6.92 Å². The van der Waals surface area contributed by atoms with Crippen molar-refractivity contribution in [2.45, 2.75) is 26.4 Å². The van der Waals surface area contributed by atoms with Crippen molar-refractivity contribution in [1.82, 2.24) is 23.1 Å². The number of rotatable bonds is 4. The van der Waals surface area contributed by atoms with Crippen LogP contribution in [0.4, 0.5) is 0 Å². The van der Waals surface area contributed by atoms with Gasteiger partial charge in [0.2, 0.25) is 5.78 Å². The molecule has 0 saturated carbocycles. The normalized spacial score (nSPS) is 12.7. The van der Waals surface area contributed by atoms with Gasteiger partial charge in [-0.2, -0.15) is 4.98 Å². The predicted octanol–water partition coefficient (Wildman–Crippen LogP) is 2.25. The zero-order valence-electron chi connectivity index (χ0n) is 15.6. The molecule has 0 bridgehead atoms. The summed E-state index contributed by atoms with van der Waals surface area (Å²) < 4.78 is 6.46. The van der Waals surface area contributed by atoms with Crippen LogP contribution >= 0.6 is 0 Å². The van der Waals surface area contributed by atoms with Gasteiger partial charge in [0.1, 0.15) is 0 Å². The van der Waals surface area contributed by atoms with E-state index in [-0.39, 0.29) is 18.1 Å². The quantitative estimate of drug-likeness (QED) is 0.522. The van der Waals surface area contributed by atoms with Gasteiger partial charge in [0.25, 0.3) is 5.56 Å². The lowest BCUT2D eigenvalue weighted by Crippen LogP contribution is -2.39. The largest absolute Gasteiger partial charge is 0.332 e. The first kappa shape index (κ1) is 17.1. The summed E-state index contributed by atoms with van der Waals surface area (Å²) in [5, 5.41) is 0. The van der Waals surface area contributed by atoms with Crippen LogP contribution in [0.3, 0.4) is 0 Å². The minimum atomic E-state index is -0.396. The van der Waals surface area contributed by atoms with Gasteiger partial charge in [-0.25, -0.2) is 4.79 Å². The molecule has 0 aliphatic rings. The molecule has 27 heavy (non-hydrogen) atoms. The van der Waals surface area contributed by atoms with Gasteiger partial charge < -0.3 is 4.57 Å². The summed E-state index contributed by atoms with van der Waals surface area (Å²) in [6.45, 7) is 7.88. The predicted molar refractivity (Wildman–Crippen MR) is 105 cm³/mol. The highest BCUT2D eigenvalue weighted by Gasteiger charge is 2.22. The van der Waals surface area contributed by atoms with Crippen molar-refractivity contribution < 1.29 is 0 Å². The molecule has 3 aromatic heterocycles. The summed E-state index contributed by atoms with van der Waals surface area (Å²) in [6, 6.07) is 10.2. The van der Waals surface area contributed by atoms with Crippen molar-refractivity contribution in [1.29, 1.82) is 0 Å². The Hall–Kier alpha value is -3.35. The van der Waals surface area contributed by atoms with Crippen LogP contribution < -0.4 is 11.2 Å². The standard InChI is InChI=1S/C20H21N5O2/c1-5-11-23-18(26)16-17(22(4)20(23)27)21-19-24(16)12-13(2)25(19)14(3)15-9-7-6-8-10-15/h5-10,12,14H,1,11H2,2-4H3. The minimum Gasteiger partial charge on any atom is -0.307 e. The second-order valence-corrected chi connectivity index (χ2v) is 6.73. The summed E-state index contributed by atoms with van der Waals surface area (Å²) in [5.41, 5.74) is 2.16. The number of hydrogen-bond acceptors (Lipinski definition) is 3. The second kappa shape index (κ2) is 6.12. The summed E-state index contributed by atoms with van der Waals surface area (Å²) in [6.07, 6.45) is 3.44. The highest BCUT2D eigenvalue weighted by molar-refractivity contribution is 5.75. The van der Waals surface area contributed by atoms with Crippen LogP contribution in [-0.4, -0.2) is 23.1 Å². The Morgan fingerprint density at radius 1 is 1.22 bits per heavy atom. The number of benzene rings is 1. The van der Waals surface area contributed by atoms with Crippen molar-refractivity contribution in [3.63, 3.8) is 0 Å². The van der Waals surface area contributed by atoms with Crippen molar-refractivity contribution in [3.8, 4) is 0 Å². The number of hydrogen-bond donors (Lipinski definition) is 0. The van der Waals surface area contributed by atoms with E-state index in [0.29, 0.717) is 16.9 Å². The van der Waals surface area contributed by atoms with Gasteiger partial charge in [0.15, 0.2) is 11.2 Å². The number of aryl methyl sites for hydroxylation is 2. The van der Waals surface area contributed by atoms with Crippen LogP contribution in [0.1, 0.15) is 24.2 Å². The molecule has 0 fully saturated rings. The molecule has 0 saturated heterocycles. The smallest absolute Gasteiger partial charge is 0.307 e. The molecule has 3 heterocycles. The highest BCUT2D eigenvalue weighted by Crippen LogP contribution is 2.25. The Kier molecular flexibility index (Phi) is 3.87. The molecule has 0 aliphatic heterocycles. The lowest BCUT2D eigenvalue weighted by atomic mass is 10.1. The number of nitrogens with zero attached hydrogens (tertiary/aromatic N) is 5. The van der Waals surface area contributed by atoms with E-state index in [0.717, 1.165) is 11.3 Å². The molecule has 1 atom stereocenters. The third-order valence-electron chi connectivity index (χ3n) is 5.05. The van der Waals surface area contributed by atoms with Crippen molar-refractivity contribution in [3.05, 3.63) is 81.3 Å². The Balaban J connectivity index is 2.08. The van der Waals surface area contributed by atoms with E-state index in [1.165, 1.54) is 9.13 Å². The lowest BCUT2D eigenvalue weighted by Gasteiger charge is -2.16. The molecule has 0 aliphatic carbocycles. The van der Waals surface area contributed by atoms with Gasteiger partial charge in [-0.1, -0.05) is 36.4 Å². The molecule has 0 N–H and O–H groups in total. The number of fused-ring (bicyclic) bond motifs is 3. The van der Waals surface area contributed by atoms with E-state index < -0.39 is 5.69 Å². The van der Waals surface area contributed by atoms with Gasteiger partial charge in [0.05, 0.1) is 6.04 Å². The van der Waals surface area contributed by atoms with Crippen LogP contribution in [0.25, 0.3) is 16.9 Å². The first-order chi connectivity index (χ1) is 13.0. The number of imidazole rings is 2. The molecule has 7 heteroatoms. The van der Waals surface area contributed by atoms with Gasteiger partial charge in [-0.05, 0) is 19.4 Å². The summed E-state index contributed by atoms with van der Waals surface area (Å²) in [7, 11) is 1.63.